The van der Waals surface area contributed by atoms with Crippen molar-refractivity contribution < 1.29 is 14.3 Å². The molecule has 6 heteroatoms. The van der Waals surface area contributed by atoms with Gasteiger partial charge in [-0.25, -0.2) is 9.78 Å². The molecule has 0 bridgehead atoms. The monoisotopic (exact) mass is 282 g/mol. The van der Waals surface area contributed by atoms with Crippen molar-refractivity contribution in [2.45, 2.75) is 20.0 Å². The van der Waals surface area contributed by atoms with Crippen molar-refractivity contribution in [3.63, 3.8) is 0 Å². The number of anilines is 1. The number of nitrogens with two attached hydrogens (primary N) is 1. The van der Waals surface area contributed by atoms with Gasteiger partial charge in [0.2, 0.25) is 0 Å². The average Bonchev–Trinajstić information content (AvgIpc) is 2.38. The molecule has 0 spiro atoms. The second kappa shape index (κ2) is 7.62. The predicted octanol–water partition coefficient (Wildman–Crippen LogP) is 1.64. The van der Waals surface area contributed by atoms with E-state index in [1.165, 1.54) is 0 Å². The number of esters is 1. The molecule has 1 heterocycles. The van der Waals surface area contributed by atoms with E-state index in [0.29, 0.717) is 23.1 Å². The highest BCUT2D eigenvalue weighted by molar-refractivity contribution is 6.29. The van der Waals surface area contributed by atoms with E-state index in [9.17, 15) is 4.79 Å². The minimum absolute atomic E-state index is 0.0770. The van der Waals surface area contributed by atoms with Gasteiger partial charge in [-0.05, 0) is 31.9 Å². The van der Waals surface area contributed by atoms with Crippen LogP contribution in [0, 0.1) is 11.8 Å². The molecule has 102 valence electrons. The fourth-order valence-corrected chi connectivity index (χ4v) is 1.31. The number of aromatic nitrogens is 1. The number of hydrogen-bond acceptors (Lipinski definition) is 5. The number of pyridine rings is 1. The van der Waals surface area contributed by atoms with Crippen LogP contribution in [0.3, 0.4) is 0 Å². The first-order chi connectivity index (χ1) is 9.04. The van der Waals surface area contributed by atoms with Gasteiger partial charge in [0, 0.05) is 0 Å². The molecule has 1 rings (SSSR count). The van der Waals surface area contributed by atoms with Crippen LogP contribution in [0.2, 0.25) is 5.15 Å². The summed E-state index contributed by atoms with van der Waals surface area (Å²) in [6, 6.07) is 3.21. The van der Waals surface area contributed by atoms with Crippen LogP contribution in [0.5, 0.6) is 0 Å². The Balaban J connectivity index is 2.52. The fourth-order valence-electron chi connectivity index (χ4n) is 1.16. The van der Waals surface area contributed by atoms with Gasteiger partial charge in [0.15, 0.2) is 6.10 Å². The first kappa shape index (κ1) is 15.3. The number of hydrogen-bond donors (Lipinski definition) is 1. The molecule has 1 atom stereocenters. The predicted molar refractivity (Wildman–Crippen MR) is 72.6 cm³/mol. The number of rotatable bonds is 4. The lowest BCUT2D eigenvalue weighted by Crippen LogP contribution is -2.23. The summed E-state index contributed by atoms with van der Waals surface area (Å²) in [6.45, 7) is 3.73. The van der Waals surface area contributed by atoms with Gasteiger partial charge in [-0.15, -0.1) is 0 Å². The lowest BCUT2D eigenvalue weighted by atomic mass is 10.3. The summed E-state index contributed by atoms with van der Waals surface area (Å²) in [5, 5.41) is 0.319. The van der Waals surface area contributed by atoms with Crippen LogP contribution < -0.4 is 5.73 Å². The Labute approximate surface area is 117 Å². The summed E-state index contributed by atoms with van der Waals surface area (Å²) < 4.78 is 9.99. The average molecular weight is 283 g/mol. The van der Waals surface area contributed by atoms with Crippen molar-refractivity contribution >= 4 is 23.3 Å². The number of halogens is 1. The Kier molecular flexibility index (Phi) is 6.13. The van der Waals surface area contributed by atoms with E-state index in [1.54, 1.807) is 26.0 Å². The molecule has 19 heavy (non-hydrogen) atoms. The maximum absolute atomic E-state index is 11.3. The van der Waals surface area contributed by atoms with E-state index in [0.717, 1.165) is 0 Å². The molecule has 0 aliphatic carbocycles. The third-order valence-corrected chi connectivity index (χ3v) is 2.33. The van der Waals surface area contributed by atoms with Gasteiger partial charge in [0.1, 0.15) is 17.5 Å². The molecule has 0 aliphatic rings. The molecular formula is C13H15ClN2O3. The highest BCUT2D eigenvalue weighted by atomic mass is 35.5. The number of nitrogen functional groups attached to an aromatic ring is 1. The second-order valence-corrected chi connectivity index (χ2v) is 3.97. The Hall–Kier alpha value is -1.77. The number of nitrogens with zero attached hydrogens (tertiary/aromatic N) is 1. The van der Waals surface area contributed by atoms with Crippen LogP contribution in [0.4, 0.5) is 5.69 Å². The van der Waals surface area contributed by atoms with Gasteiger partial charge in [-0.3, -0.25) is 0 Å². The van der Waals surface area contributed by atoms with Crippen molar-refractivity contribution in [3.8, 4) is 11.8 Å². The molecule has 0 aliphatic heterocycles. The smallest absolute Gasteiger partial charge is 0.334 e. The second-order valence-electron chi connectivity index (χ2n) is 3.58. The van der Waals surface area contributed by atoms with Gasteiger partial charge in [-0.1, -0.05) is 17.5 Å². The largest absolute Gasteiger partial charge is 0.464 e. The van der Waals surface area contributed by atoms with Crippen molar-refractivity contribution in [2.24, 2.45) is 0 Å². The number of ether oxygens (including phenoxy) is 2. The first-order valence-electron chi connectivity index (χ1n) is 5.73. The molecule has 1 aromatic heterocycles. The van der Waals surface area contributed by atoms with E-state index >= 15 is 0 Å². The maximum atomic E-state index is 11.3. The molecule has 0 saturated heterocycles. The topological polar surface area (TPSA) is 74.4 Å². The summed E-state index contributed by atoms with van der Waals surface area (Å²) in [5.74, 6) is 5.04. The summed E-state index contributed by atoms with van der Waals surface area (Å²) >= 11 is 5.73. The first-order valence-corrected chi connectivity index (χ1v) is 6.11. The minimum Gasteiger partial charge on any atom is -0.464 e. The number of carbonyl (C=O) groups excluding carboxylic acids is 1. The zero-order valence-corrected chi connectivity index (χ0v) is 11.5. The van der Waals surface area contributed by atoms with E-state index in [-0.39, 0.29) is 6.61 Å². The Morgan fingerprint density at radius 3 is 3.00 bits per heavy atom. The lowest BCUT2D eigenvalue weighted by Gasteiger charge is -2.08. The van der Waals surface area contributed by atoms with Crippen LogP contribution in [0.15, 0.2) is 12.1 Å². The highest BCUT2D eigenvalue weighted by Gasteiger charge is 2.13. The molecule has 0 saturated carbocycles. The third-order valence-electron chi connectivity index (χ3n) is 2.12. The normalized spacial score (nSPS) is 11.3. The van der Waals surface area contributed by atoms with Crippen LogP contribution >= 0.6 is 11.6 Å². The zero-order valence-electron chi connectivity index (χ0n) is 10.8. The van der Waals surface area contributed by atoms with Crippen LogP contribution in [0.25, 0.3) is 0 Å². The fraction of sp³-hybridized carbons (Fsp3) is 0.385. The van der Waals surface area contributed by atoms with Gasteiger partial charge in [0.05, 0.1) is 12.3 Å². The van der Waals surface area contributed by atoms with Crippen molar-refractivity contribution in [2.75, 3.05) is 18.9 Å². The summed E-state index contributed by atoms with van der Waals surface area (Å²) in [5.41, 5.74) is 6.51. The van der Waals surface area contributed by atoms with Gasteiger partial charge >= 0.3 is 5.97 Å². The van der Waals surface area contributed by atoms with Gasteiger partial charge < -0.3 is 15.2 Å². The van der Waals surface area contributed by atoms with Gasteiger partial charge in [-0.2, -0.15) is 0 Å². The molecule has 1 unspecified atom stereocenters. The van der Waals surface area contributed by atoms with Crippen molar-refractivity contribution in [3.05, 3.63) is 23.0 Å². The molecule has 0 radical (unpaired) electrons. The van der Waals surface area contributed by atoms with E-state index in [1.807, 2.05) is 0 Å². The Bertz CT molecular complexity index is 508. The molecule has 0 fully saturated rings. The van der Waals surface area contributed by atoms with Crippen molar-refractivity contribution in [1.82, 2.24) is 4.98 Å². The molecule has 1 aromatic rings. The maximum Gasteiger partial charge on any atom is 0.334 e. The van der Waals surface area contributed by atoms with Crippen LogP contribution in [-0.4, -0.2) is 30.3 Å². The van der Waals surface area contributed by atoms with Gasteiger partial charge in [0.25, 0.3) is 0 Å². The summed E-state index contributed by atoms with van der Waals surface area (Å²) in [6.07, 6.45) is -0.654. The van der Waals surface area contributed by atoms with E-state index < -0.39 is 12.1 Å². The van der Waals surface area contributed by atoms with E-state index in [4.69, 9.17) is 26.8 Å². The zero-order chi connectivity index (χ0) is 14.3. The molecular weight excluding hydrogens is 268 g/mol. The summed E-state index contributed by atoms with van der Waals surface area (Å²) in [7, 11) is 0. The SMILES string of the molecule is CCOC(=O)C(C)OCC#Cc1nc(Cl)ccc1N. The minimum atomic E-state index is -0.654. The lowest BCUT2D eigenvalue weighted by molar-refractivity contribution is -0.154. The molecule has 2 N–H and O–H groups in total. The molecule has 5 nitrogen and oxygen atoms in total. The molecule has 0 amide bonds. The quantitative estimate of drug-likeness (QED) is 0.516. The van der Waals surface area contributed by atoms with Crippen LogP contribution in [-0.2, 0) is 14.3 Å². The third kappa shape index (κ3) is 5.16. The summed E-state index contributed by atoms with van der Waals surface area (Å²) in [4.78, 5) is 15.2. The number of carbonyl (C=O) groups is 1. The molecule has 0 aromatic carbocycles. The van der Waals surface area contributed by atoms with Crippen molar-refractivity contribution in [1.29, 1.82) is 0 Å². The Morgan fingerprint density at radius 1 is 1.58 bits per heavy atom. The standard InChI is InChI=1S/C13H15ClN2O3/c1-3-18-13(17)9(2)19-8-4-5-11-10(15)6-7-12(14)16-11/h6-7,9H,3,8,15H2,1-2H3. The van der Waals surface area contributed by atoms with Crippen LogP contribution in [0.1, 0.15) is 19.5 Å². The highest BCUT2D eigenvalue weighted by Crippen LogP contribution is 2.11. The Morgan fingerprint density at radius 2 is 2.32 bits per heavy atom. The van der Waals surface area contributed by atoms with E-state index in [2.05, 4.69) is 16.8 Å².